The van der Waals surface area contributed by atoms with E-state index in [1.54, 1.807) is 97.5 Å². The van der Waals surface area contributed by atoms with Crippen LogP contribution in [0.25, 0.3) is 0 Å². The predicted molar refractivity (Wildman–Crippen MR) is 418 cm³/mol. The molecule has 0 aromatic carbocycles. The van der Waals surface area contributed by atoms with Gasteiger partial charge in [0.15, 0.2) is 0 Å². The number of unbranched alkanes of at least 4 members (excludes halogenated alkanes) is 10. The average Bonchev–Trinajstić information content (AvgIpc) is 1.64. The first-order chi connectivity index (χ1) is 47.0. The number of nitrogens with two attached hydrogens (primary N) is 1. The van der Waals surface area contributed by atoms with Gasteiger partial charge >= 0.3 is 53.7 Å². The summed E-state index contributed by atoms with van der Waals surface area (Å²) in [7, 11) is 12.8. The quantitative estimate of drug-likeness (QED) is 0.00946. The van der Waals surface area contributed by atoms with E-state index in [9.17, 15) is 19.2 Å². The summed E-state index contributed by atoms with van der Waals surface area (Å²) in [4.78, 5) is 47.5. The van der Waals surface area contributed by atoms with E-state index in [1.165, 1.54) is 141 Å². The molecular weight excluding hydrogens is 1340 g/mol. The number of nitrogens with one attached hydrogen (secondary N) is 4. The summed E-state index contributed by atoms with van der Waals surface area (Å²) in [6.07, 6.45) is 62.1. The van der Waals surface area contributed by atoms with Crippen LogP contribution in [-0.2, 0) is 72.3 Å². The third-order valence-corrected chi connectivity index (χ3v) is 29.0. The van der Waals surface area contributed by atoms with Crippen LogP contribution < -0.4 is 27.1 Å². The molecule has 100 heavy (non-hydrogen) atoms. The number of hydrogen-bond acceptors (Lipinski definition) is 18. The molecule has 2 bridgehead atoms. The van der Waals surface area contributed by atoms with Gasteiger partial charge in [0.1, 0.15) is 0 Å². The summed E-state index contributed by atoms with van der Waals surface area (Å²) in [6.45, 7) is 2.01. The molecule has 22 nitrogen and oxygen atoms in total. The fourth-order valence-corrected chi connectivity index (χ4v) is 18.5. The van der Waals surface area contributed by atoms with Crippen LogP contribution in [0.2, 0.25) is 24.2 Å². The number of hydrogen-bond donors (Lipinski definition) is 5. The van der Waals surface area contributed by atoms with Gasteiger partial charge in [0.2, 0.25) is 23.6 Å². The molecule has 4 amide bonds. The van der Waals surface area contributed by atoms with Crippen LogP contribution >= 0.6 is 0 Å². The fourth-order valence-electron chi connectivity index (χ4n) is 11.6. The molecule has 0 spiro atoms. The molecule has 27 heteroatoms. The molecule has 4 unspecified atom stereocenters. The Morgan fingerprint density at radius 1 is 0.390 bits per heavy atom. The van der Waals surface area contributed by atoms with Gasteiger partial charge in [0.05, 0.1) is 0 Å². The van der Waals surface area contributed by atoms with Crippen LogP contribution in [0.3, 0.4) is 0 Å². The number of fused-ring (bicyclic) bond motifs is 2. The second-order valence-electron chi connectivity index (χ2n) is 24.4. The maximum atomic E-state index is 12.0. The Bertz CT molecular complexity index is 2050. The number of carbonyl (C=O) groups excluding carboxylic acids is 4. The maximum absolute atomic E-state index is 12.0. The summed E-state index contributed by atoms with van der Waals surface area (Å²) in [5.74, 6) is 6.91. The second kappa shape index (κ2) is 68.2. The Morgan fingerprint density at radius 3 is 0.890 bits per heavy atom. The van der Waals surface area contributed by atoms with E-state index >= 15 is 0 Å². The third kappa shape index (κ3) is 51.3. The van der Waals surface area contributed by atoms with E-state index in [0.717, 1.165) is 62.2 Å². The minimum atomic E-state index is -2.62. The molecule has 4 atom stereocenters. The van der Waals surface area contributed by atoms with Crippen LogP contribution in [-0.4, -0.2) is 178 Å². The van der Waals surface area contributed by atoms with Crippen molar-refractivity contribution in [1.82, 2.24) is 21.3 Å². The third-order valence-electron chi connectivity index (χ3n) is 17.6. The molecule has 0 saturated heterocycles. The van der Waals surface area contributed by atoms with Crippen molar-refractivity contribution in [3.63, 3.8) is 0 Å². The zero-order chi connectivity index (χ0) is 72.0. The van der Waals surface area contributed by atoms with Gasteiger partial charge < -0.3 is 74.4 Å². The van der Waals surface area contributed by atoms with Crippen molar-refractivity contribution in [3.8, 4) is 0 Å². The molecule has 0 aliphatic heterocycles. The van der Waals surface area contributed by atoms with Gasteiger partial charge in [-0.05, 0) is 177 Å². The first-order valence-electron chi connectivity index (χ1n) is 35.5. The van der Waals surface area contributed by atoms with Crippen molar-refractivity contribution in [2.75, 3.05) is 111 Å². The summed E-state index contributed by atoms with van der Waals surface area (Å²) in [6, 6.07) is 2.51. The molecule has 4 aliphatic rings. The molecule has 0 aromatic rings. The van der Waals surface area contributed by atoms with E-state index in [2.05, 4.69) is 88.4 Å². The van der Waals surface area contributed by atoms with Crippen LogP contribution in [0, 0.1) is 23.7 Å². The van der Waals surface area contributed by atoms with Crippen molar-refractivity contribution in [2.24, 2.45) is 34.5 Å². The van der Waals surface area contributed by atoms with Gasteiger partial charge in [-0.2, -0.15) is 0 Å². The van der Waals surface area contributed by atoms with Gasteiger partial charge in [0, 0.05) is 148 Å². The summed E-state index contributed by atoms with van der Waals surface area (Å²) in [5, 5.41) is 13.7. The summed E-state index contributed by atoms with van der Waals surface area (Å²) >= 11 is 0. The molecule has 0 heterocycles. The van der Waals surface area contributed by atoms with Crippen molar-refractivity contribution < 1.29 is 72.3 Å². The summed E-state index contributed by atoms with van der Waals surface area (Å²) < 4.78 is 64.2. The summed E-state index contributed by atoms with van der Waals surface area (Å²) in [5.41, 5.74) is 0. The van der Waals surface area contributed by atoms with Gasteiger partial charge in [-0.15, -0.1) is 0 Å². The minimum absolute atomic E-state index is 0. The molecular formula is C73H144BN6O16Si4. The van der Waals surface area contributed by atoms with E-state index in [1.807, 2.05) is 12.2 Å². The Labute approximate surface area is 614 Å². The van der Waals surface area contributed by atoms with Crippen LogP contribution in [0.4, 0.5) is 0 Å². The number of carbonyl (C=O) groups is 4. The van der Waals surface area contributed by atoms with E-state index in [-0.39, 0.29) is 45.9 Å². The molecule has 2 saturated carbocycles. The normalized spacial score (nSPS) is 17.3. The van der Waals surface area contributed by atoms with Crippen molar-refractivity contribution in [2.45, 2.75) is 226 Å². The topological polar surface area (TPSA) is 266 Å². The van der Waals surface area contributed by atoms with Gasteiger partial charge in [-0.1, -0.05) is 122 Å². The second-order valence-corrected chi connectivity index (χ2v) is 36.8. The molecule has 2 fully saturated rings. The average molecular weight is 1490 g/mol. The van der Waals surface area contributed by atoms with Crippen molar-refractivity contribution in [1.29, 1.82) is 0 Å². The van der Waals surface area contributed by atoms with E-state index in [4.69, 9.17) is 53.1 Å². The number of allylic oxidation sites excluding steroid dienone is 10. The Morgan fingerprint density at radius 2 is 0.650 bits per heavy atom. The van der Waals surface area contributed by atoms with Crippen molar-refractivity contribution in [3.05, 3.63) is 85.1 Å². The van der Waals surface area contributed by atoms with Gasteiger partial charge in [-0.3, -0.25) is 19.2 Å². The first-order valence-corrected chi connectivity index (χ1v) is 43.3. The first kappa shape index (κ1) is 102. The zero-order valence-electron chi connectivity index (χ0n) is 62.0. The Kier molecular flexibility index (Phi) is 69.9. The van der Waals surface area contributed by atoms with E-state index in [0.29, 0.717) is 63.2 Å². The SMILES string of the molecule is C.C.C.C1=CC2CCC1C2.C1=CCCCCCC1.CO[Si](CCCNC(=O)/C=C/C(=O)NCCC[Si](OC)(OC)OC)(OC)OC.CO[Si](CCCNC(=O)C=CCCCCCCC=CC1CCC(C=CCCCCCCC=CC(=O)NCCC[Si](OC)(OC)OC)C1)(OC)OC.[B]=NN. The molecule has 4 aliphatic carbocycles. The molecule has 0 aromatic heterocycles. The fraction of sp³-hybridized carbons (Fsp3) is 0.753. The monoisotopic (exact) mass is 1480 g/mol. The Hall–Kier alpha value is -3.89. The van der Waals surface area contributed by atoms with Crippen LogP contribution in [0.15, 0.2) is 90.1 Å². The Balaban J connectivity index is -0.000000773. The van der Waals surface area contributed by atoms with Gasteiger partial charge in [-0.25, -0.2) is 0 Å². The standard InChI is InChI=1S/C39H72N2O8Si2.C16H34N2O8Si2.C8H14.C7H10.3CH4.BH2N2/c1-44-50(45-2,46-3)33-23-31-40-38(42)27-21-17-13-9-7-11-15-19-25-36-29-30-37(35-36)26-20-16-12-8-10-14-18-22-28-39(43)41-32-24-34-51(47-4,48-5)49-6;1-21-27(22-2,23-3)13-7-11-17-15(19)9-10-16(20)18-12-8-14-28(24-4,25-5)26-6;1-2-4-6-8-7-5-3-1;1-2-7-4-3-6(1)5-7;;;;1-3-2/h19-22,25-28,36-37H,7-18,23-24,29-35H2,1-6H3,(H,40,42)(H,41,43);9-10H,7-8,11-14H2,1-6H3,(H,17,19)(H,18,20);1-2H,3-8H2;1-2,6-7H,3-5H2;3*1H4;2H2/b;10-9+;;;;;;. The zero-order valence-corrected chi connectivity index (χ0v) is 66.0. The van der Waals surface area contributed by atoms with Crippen LogP contribution in [0.1, 0.15) is 202 Å². The van der Waals surface area contributed by atoms with Crippen LogP contribution in [0.5, 0.6) is 0 Å². The van der Waals surface area contributed by atoms with Gasteiger partial charge in [0.25, 0.3) is 0 Å². The molecule has 6 N–H and O–H groups in total. The van der Waals surface area contributed by atoms with Crippen molar-refractivity contribution >= 4 is 66.5 Å². The molecule has 1 radical (unpaired) electrons. The predicted octanol–water partition coefficient (Wildman–Crippen LogP) is 14.4. The number of nitrogens with zero attached hydrogens (tertiary/aromatic N) is 1. The molecule has 581 valence electrons. The number of rotatable bonds is 48. The molecule has 4 rings (SSSR count). The van der Waals surface area contributed by atoms with E-state index < -0.39 is 35.2 Å². The number of amides is 4.